The molecule has 0 aliphatic heterocycles. The van der Waals surface area contributed by atoms with Gasteiger partial charge in [-0.3, -0.25) is 4.79 Å². The van der Waals surface area contributed by atoms with Crippen LogP contribution in [0.25, 0.3) is 0 Å². The topological polar surface area (TPSA) is 70.2 Å². The standard InChI is InChI=1S/C13H23N5O/c1-5-14-12-7-6-11(16-17-12)13(19)15-10(2)8-9-18(3)4/h6-7,10H,5,8-9H2,1-4H3,(H,14,17)(H,15,19). The quantitative estimate of drug-likeness (QED) is 0.769. The van der Waals surface area contributed by atoms with Crippen LogP contribution in [0.5, 0.6) is 0 Å². The molecule has 1 aromatic heterocycles. The summed E-state index contributed by atoms with van der Waals surface area (Å²) in [7, 11) is 4.03. The van der Waals surface area contributed by atoms with Crippen LogP contribution in [0.15, 0.2) is 12.1 Å². The van der Waals surface area contributed by atoms with Gasteiger partial charge in [0.15, 0.2) is 5.69 Å². The van der Waals surface area contributed by atoms with E-state index < -0.39 is 0 Å². The minimum atomic E-state index is -0.179. The van der Waals surface area contributed by atoms with Crippen molar-refractivity contribution in [2.45, 2.75) is 26.3 Å². The Bertz CT molecular complexity index is 391. The first kappa shape index (κ1) is 15.4. The van der Waals surface area contributed by atoms with Crippen LogP contribution >= 0.6 is 0 Å². The average Bonchev–Trinajstić information content (AvgIpc) is 2.37. The molecular weight excluding hydrogens is 242 g/mol. The molecule has 2 N–H and O–H groups in total. The number of amides is 1. The highest BCUT2D eigenvalue weighted by Crippen LogP contribution is 2.02. The van der Waals surface area contributed by atoms with E-state index in [0.29, 0.717) is 11.5 Å². The Balaban J connectivity index is 2.48. The first-order chi connectivity index (χ1) is 9.02. The molecule has 1 unspecified atom stereocenters. The fraction of sp³-hybridized carbons (Fsp3) is 0.615. The summed E-state index contributed by atoms with van der Waals surface area (Å²) in [5, 5.41) is 13.8. The average molecular weight is 265 g/mol. The van der Waals surface area contributed by atoms with Gasteiger partial charge in [-0.15, -0.1) is 10.2 Å². The number of hydrogen-bond donors (Lipinski definition) is 2. The molecule has 1 rings (SSSR count). The van der Waals surface area contributed by atoms with Gasteiger partial charge < -0.3 is 15.5 Å². The van der Waals surface area contributed by atoms with E-state index in [0.717, 1.165) is 19.5 Å². The second kappa shape index (κ2) is 7.68. The van der Waals surface area contributed by atoms with Gasteiger partial charge in [-0.2, -0.15) is 0 Å². The molecule has 19 heavy (non-hydrogen) atoms. The minimum absolute atomic E-state index is 0.116. The highest BCUT2D eigenvalue weighted by Gasteiger charge is 2.11. The highest BCUT2D eigenvalue weighted by molar-refractivity contribution is 5.92. The highest BCUT2D eigenvalue weighted by atomic mass is 16.2. The molecule has 1 amide bonds. The third kappa shape index (κ3) is 5.65. The van der Waals surface area contributed by atoms with Gasteiger partial charge in [0, 0.05) is 12.6 Å². The van der Waals surface area contributed by atoms with Crippen molar-refractivity contribution < 1.29 is 4.79 Å². The van der Waals surface area contributed by atoms with Gasteiger partial charge in [0.2, 0.25) is 0 Å². The number of carbonyl (C=O) groups is 1. The van der Waals surface area contributed by atoms with E-state index in [-0.39, 0.29) is 11.9 Å². The van der Waals surface area contributed by atoms with Gasteiger partial charge in [-0.05, 0) is 53.0 Å². The fourth-order valence-electron chi connectivity index (χ4n) is 1.55. The lowest BCUT2D eigenvalue weighted by molar-refractivity contribution is 0.0930. The lowest BCUT2D eigenvalue weighted by atomic mass is 10.2. The molecular formula is C13H23N5O. The molecule has 106 valence electrons. The Morgan fingerprint density at radius 2 is 2.11 bits per heavy atom. The predicted octanol–water partition coefficient (Wildman–Crippen LogP) is 0.978. The monoisotopic (exact) mass is 265 g/mol. The molecule has 1 heterocycles. The minimum Gasteiger partial charge on any atom is -0.369 e. The molecule has 1 atom stereocenters. The molecule has 1 aromatic rings. The molecule has 0 bridgehead atoms. The molecule has 0 spiro atoms. The summed E-state index contributed by atoms with van der Waals surface area (Å²) in [6.07, 6.45) is 0.904. The molecule has 0 saturated carbocycles. The molecule has 6 nitrogen and oxygen atoms in total. The molecule has 0 aromatic carbocycles. The maximum absolute atomic E-state index is 11.9. The van der Waals surface area contributed by atoms with E-state index in [1.165, 1.54) is 0 Å². The van der Waals surface area contributed by atoms with Crippen LogP contribution in [-0.2, 0) is 0 Å². The van der Waals surface area contributed by atoms with Gasteiger partial charge in [-0.1, -0.05) is 0 Å². The first-order valence-corrected chi connectivity index (χ1v) is 6.56. The summed E-state index contributed by atoms with van der Waals surface area (Å²) in [5.74, 6) is 0.501. The predicted molar refractivity (Wildman–Crippen MR) is 76.3 cm³/mol. The zero-order valence-corrected chi connectivity index (χ0v) is 12.1. The van der Waals surface area contributed by atoms with Crippen LogP contribution in [0.2, 0.25) is 0 Å². The van der Waals surface area contributed by atoms with Crippen molar-refractivity contribution in [2.24, 2.45) is 0 Å². The number of aromatic nitrogens is 2. The lowest BCUT2D eigenvalue weighted by Gasteiger charge is -2.16. The zero-order valence-electron chi connectivity index (χ0n) is 12.1. The Hall–Kier alpha value is -1.69. The summed E-state index contributed by atoms with van der Waals surface area (Å²) >= 11 is 0. The summed E-state index contributed by atoms with van der Waals surface area (Å²) in [6.45, 7) is 5.69. The lowest BCUT2D eigenvalue weighted by Crippen LogP contribution is -2.35. The smallest absolute Gasteiger partial charge is 0.272 e. The molecule has 0 saturated heterocycles. The van der Waals surface area contributed by atoms with E-state index in [1.807, 2.05) is 27.9 Å². The third-order valence-corrected chi connectivity index (χ3v) is 2.64. The van der Waals surface area contributed by atoms with Crippen LogP contribution in [-0.4, -0.2) is 54.2 Å². The summed E-state index contributed by atoms with van der Waals surface area (Å²) in [5.41, 5.74) is 0.346. The van der Waals surface area contributed by atoms with Crippen LogP contribution in [0.3, 0.4) is 0 Å². The number of hydrogen-bond acceptors (Lipinski definition) is 5. The van der Waals surface area contributed by atoms with Gasteiger partial charge in [-0.25, -0.2) is 0 Å². The maximum atomic E-state index is 11.9. The Morgan fingerprint density at radius 1 is 1.37 bits per heavy atom. The van der Waals surface area contributed by atoms with Crippen molar-refractivity contribution in [2.75, 3.05) is 32.5 Å². The Labute approximate surface area is 114 Å². The van der Waals surface area contributed by atoms with Crippen LogP contribution in [0.4, 0.5) is 5.82 Å². The summed E-state index contributed by atoms with van der Waals surface area (Å²) < 4.78 is 0. The molecule has 0 aliphatic rings. The van der Waals surface area contributed by atoms with Crippen molar-refractivity contribution in [3.8, 4) is 0 Å². The molecule has 0 fully saturated rings. The molecule has 0 radical (unpaired) electrons. The summed E-state index contributed by atoms with van der Waals surface area (Å²) in [4.78, 5) is 14.0. The van der Waals surface area contributed by atoms with E-state index in [9.17, 15) is 4.79 Å². The zero-order chi connectivity index (χ0) is 14.3. The van der Waals surface area contributed by atoms with Gasteiger partial charge in [0.05, 0.1) is 0 Å². The largest absolute Gasteiger partial charge is 0.369 e. The van der Waals surface area contributed by atoms with E-state index in [4.69, 9.17) is 0 Å². The Morgan fingerprint density at radius 3 is 2.63 bits per heavy atom. The van der Waals surface area contributed by atoms with Crippen molar-refractivity contribution >= 4 is 11.7 Å². The van der Waals surface area contributed by atoms with Crippen molar-refractivity contribution in [3.05, 3.63) is 17.8 Å². The maximum Gasteiger partial charge on any atom is 0.272 e. The summed E-state index contributed by atoms with van der Waals surface area (Å²) in [6, 6.07) is 3.56. The number of nitrogens with one attached hydrogen (secondary N) is 2. The van der Waals surface area contributed by atoms with Gasteiger partial charge in [0.1, 0.15) is 5.82 Å². The Kier molecular flexibility index (Phi) is 6.21. The number of nitrogens with zero attached hydrogens (tertiary/aromatic N) is 3. The second-order valence-corrected chi connectivity index (χ2v) is 4.80. The normalized spacial score (nSPS) is 12.3. The van der Waals surface area contributed by atoms with Crippen LogP contribution < -0.4 is 10.6 Å². The van der Waals surface area contributed by atoms with E-state index >= 15 is 0 Å². The van der Waals surface area contributed by atoms with Crippen molar-refractivity contribution in [1.29, 1.82) is 0 Å². The van der Waals surface area contributed by atoms with Gasteiger partial charge >= 0.3 is 0 Å². The van der Waals surface area contributed by atoms with Crippen LogP contribution in [0.1, 0.15) is 30.8 Å². The molecule has 0 aliphatic carbocycles. The third-order valence-electron chi connectivity index (χ3n) is 2.64. The second-order valence-electron chi connectivity index (χ2n) is 4.80. The SMILES string of the molecule is CCNc1ccc(C(=O)NC(C)CCN(C)C)nn1. The molecule has 6 heteroatoms. The number of rotatable bonds is 7. The van der Waals surface area contributed by atoms with E-state index in [2.05, 4.69) is 25.7 Å². The van der Waals surface area contributed by atoms with Crippen molar-refractivity contribution in [3.63, 3.8) is 0 Å². The van der Waals surface area contributed by atoms with Crippen LogP contribution in [0, 0.1) is 0 Å². The van der Waals surface area contributed by atoms with Crippen molar-refractivity contribution in [1.82, 2.24) is 20.4 Å². The van der Waals surface area contributed by atoms with E-state index in [1.54, 1.807) is 12.1 Å². The fourth-order valence-corrected chi connectivity index (χ4v) is 1.55. The number of anilines is 1. The van der Waals surface area contributed by atoms with Gasteiger partial charge in [0.25, 0.3) is 5.91 Å². The number of carbonyl (C=O) groups excluding carboxylic acids is 1. The first-order valence-electron chi connectivity index (χ1n) is 6.56.